The molecule has 0 aliphatic heterocycles. The molecule has 2 N–H and O–H groups in total. The van der Waals surface area contributed by atoms with Crippen molar-refractivity contribution in [1.29, 1.82) is 0 Å². The van der Waals surface area contributed by atoms with Gasteiger partial charge in [0, 0.05) is 6.54 Å². The van der Waals surface area contributed by atoms with Crippen molar-refractivity contribution in [2.75, 3.05) is 19.0 Å². The van der Waals surface area contributed by atoms with Crippen molar-refractivity contribution in [2.24, 2.45) is 0 Å². The third-order valence-corrected chi connectivity index (χ3v) is 4.06. The molecular weight excluding hydrogens is 346 g/mol. The van der Waals surface area contributed by atoms with E-state index in [2.05, 4.69) is 20.4 Å². The van der Waals surface area contributed by atoms with Crippen molar-refractivity contribution in [3.8, 4) is 11.5 Å². The molecule has 2 aromatic heterocycles. The van der Waals surface area contributed by atoms with Gasteiger partial charge in [0.25, 0.3) is 5.56 Å². The van der Waals surface area contributed by atoms with Gasteiger partial charge in [0.2, 0.25) is 5.95 Å². The second-order valence-corrected chi connectivity index (χ2v) is 7.15. The number of ether oxygens (including phenoxy) is 2. The third-order valence-electron chi connectivity index (χ3n) is 4.06. The number of hydrogen-bond donors (Lipinski definition) is 2. The standard InChI is InChI=1S/C19H25N5O3/c1-6-27-14-8-7-12(9-15(14)26-5)10-20-18-22-16-13(17(25)23-18)11-21-24(16)19(2,3)4/h7-9,11H,6,10H2,1-5H3,(H2,20,22,23,25). The molecule has 0 saturated carbocycles. The molecule has 0 bridgehead atoms. The van der Waals surface area contributed by atoms with Gasteiger partial charge >= 0.3 is 0 Å². The monoisotopic (exact) mass is 371 g/mol. The molecule has 3 rings (SSSR count). The van der Waals surface area contributed by atoms with Crippen LogP contribution in [0, 0.1) is 0 Å². The Kier molecular flexibility index (Phi) is 5.07. The van der Waals surface area contributed by atoms with Crippen molar-refractivity contribution < 1.29 is 9.47 Å². The Morgan fingerprint density at radius 2 is 2.04 bits per heavy atom. The van der Waals surface area contributed by atoms with Crippen LogP contribution in [0.1, 0.15) is 33.3 Å². The first kappa shape index (κ1) is 18.8. The smallest absolute Gasteiger partial charge is 0.263 e. The summed E-state index contributed by atoms with van der Waals surface area (Å²) in [6.07, 6.45) is 1.55. The molecule has 0 unspecified atom stereocenters. The lowest BCUT2D eigenvalue weighted by Crippen LogP contribution is -2.24. The average Bonchev–Trinajstić information content (AvgIpc) is 3.06. The lowest BCUT2D eigenvalue weighted by Gasteiger charge is -2.19. The fourth-order valence-electron chi connectivity index (χ4n) is 2.78. The first-order valence-corrected chi connectivity index (χ1v) is 8.85. The van der Waals surface area contributed by atoms with Crippen LogP contribution in [0.15, 0.2) is 29.2 Å². The van der Waals surface area contributed by atoms with E-state index in [1.165, 1.54) is 0 Å². The van der Waals surface area contributed by atoms with Crippen molar-refractivity contribution >= 4 is 17.0 Å². The van der Waals surface area contributed by atoms with Gasteiger partial charge in [-0.25, -0.2) is 4.68 Å². The molecule has 0 aliphatic rings. The number of aromatic amines is 1. The van der Waals surface area contributed by atoms with Gasteiger partial charge in [0.15, 0.2) is 17.1 Å². The van der Waals surface area contributed by atoms with Crippen molar-refractivity contribution in [1.82, 2.24) is 19.7 Å². The molecule has 8 heteroatoms. The molecule has 0 amide bonds. The van der Waals surface area contributed by atoms with Crippen LogP contribution in [0.4, 0.5) is 5.95 Å². The summed E-state index contributed by atoms with van der Waals surface area (Å²) in [5.41, 5.74) is 1.03. The fraction of sp³-hybridized carbons (Fsp3) is 0.421. The van der Waals surface area contributed by atoms with Gasteiger partial charge < -0.3 is 14.8 Å². The summed E-state index contributed by atoms with van der Waals surface area (Å²) in [6.45, 7) is 9.02. The molecule has 1 aromatic carbocycles. The minimum absolute atomic E-state index is 0.220. The average molecular weight is 371 g/mol. The van der Waals surface area contributed by atoms with Crippen LogP contribution in [-0.2, 0) is 12.1 Å². The number of anilines is 1. The highest BCUT2D eigenvalue weighted by molar-refractivity contribution is 5.74. The molecule has 2 heterocycles. The van der Waals surface area contributed by atoms with E-state index in [-0.39, 0.29) is 11.1 Å². The SMILES string of the molecule is CCOc1ccc(CNc2nc3c(cnn3C(C)(C)C)c(=O)[nH]2)cc1OC. The number of benzene rings is 1. The summed E-state index contributed by atoms with van der Waals surface area (Å²) in [4.78, 5) is 19.6. The zero-order valence-electron chi connectivity index (χ0n) is 16.3. The zero-order chi connectivity index (χ0) is 19.6. The van der Waals surface area contributed by atoms with E-state index in [0.717, 1.165) is 5.56 Å². The number of aromatic nitrogens is 4. The largest absolute Gasteiger partial charge is 0.493 e. The van der Waals surface area contributed by atoms with Crippen LogP contribution >= 0.6 is 0 Å². The van der Waals surface area contributed by atoms with Crippen LogP contribution in [0.3, 0.4) is 0 Å². The highest BCUT2D eigenvalue weighted by atomic mass is 16.5. The highest BCUT2D eigenvalue weighted by Gasteiger charge is 2.19. The summed E-state index contributed by atoms with van der Waals surface area (Å²) in [5, 5.41) is 7.94. The van der Waals surface area contributed by atoms with E-state index in [1.807, 2.05) is 45.9 Å². The molecular formula is C19H25N5O3. The van der Waals surface area contributed by atoms with Gasteiger partial charge in [-0.15, -0.1) is 0 Å². The predicted octanol–water partition coefficient (Wildman–Crippen LogP) is 2.89. The Morgan fingerprint density at radius 1 is 1.26 bits per heavy atom. The first-order valence-electron chi connectivity index (χ1n) is 8.85. The van der Waals surface area contributed by atoms with Gasteiger partial charge in [-0.3, -0.25) is 9.78 Å². The maximum Gasteiger partial charge on any atom is 0.263 e. The first-order chi connectivity index (χ1) is 12.8. The minimum atomic E-state index is -0.276. The molecule has 0 radical (unpaired) electrons. The highest BCUT2D eigenvalue weighted by Crippen LogP contribution is 2.28. The Labute approximate surface area is 157 Å². The Bertz CT molecular complexity index is 1000. The summed E-state index contributed by atoms with van der Waals surface area (Å²) >= 11 is 0. The molecule has 8 nitrogen and oxygen atoms in total. The fourth-order valence-corrected chi connectivity index (χ4v) is 2.78. The van der Waals surface area contributed by atoms with Crippen LogP contribution in [-0.4, -0.2) is 33.5 Å². The Balaban J connectivity index is 1.86. The number of nitrogens with zero attached hydrogens (tertiary/aromatic N) is 3. The Hall–Kier alpha value is -3.03. The topological polar surface area (TPSA) is 94.1 Å². The van der Waals surface area contributed by atoms with E-state index in [0.29, 0.717) is 41.6 Å². The van der Waals surface area contributed by atoms with E-state index in [1.54, 1.807) is 18.0 Å². The van der Waals surface area contributed by atoms with E-state index < -0.39 is 0 Å². The van der Waals surface area contributed by atoms with Crippen LogP contribution in [0.2, 0.25) is 0 Å². The summed E-state index contributed by atoms with van der Waals surface area (Å²) in [5.74, 6) is 1.76. The normalized spacial score (nSPS) is 11.6. The second-order valence-electron chi connectivity index (χ2n) is 7.15. The van der Waals surface area contributed by atoms with Crippen LogP contribution in [0.5, 0.6) is 11.5 Å². The predicted molar refractivity (Wildman–Crippen MR) is 105 cm³/mol. The lowest BCUT2D eigenvalue weighted by molar-refractivity contribution is 0.310. The van der Waals surface area contributed by atoms with E-state index >= 15 is 0 Å². The molecule has 0 fully saturated rings. The number of hydrogen-bond acceptors (Lipinski definition) is 6. The molecule has 0 spiro atoms. The number of fused-ring (bicyclic) bond motifs is 1. The van der Waals surface area contributed by atoms with E-state index in [4.69, 9.17) is 9.47 Å². The molecule has 27 heavy (non-hydrogen) atoms. The summed E-state index contributed by atoms with van der Waals surface area (Å²) in [6, 6.07) is 5.71. The summed E-state index contributed by atoms with van der Waals surface area (Å²) in [7, 11) is 1.61. The molecule has 0 atom stereocenters. The molecule has 0 saturated heterocycles. The maximum atomic E-state index is 12.3. The van der Waals surface area contributed by atoms with Gasteiger partial charge in [0.1, 0.15) is 5.39 Å². The van der Waals surface area contributed by atoms with Crippen LogP contribution < -0.4 is 20.3 Å². The lowest BCUT2D eigenvalue weighted by atomic mass is 10.1. The minimum Gasteiger partial charge on any atom is -0.493 e. The maximum absolute atomic E-state index is 12.3. The molecule has 144 valence electrons. The number of H-pyrrole nitrogens is 1. The molecule has 0 aliphatic carbocycles. The van der Waals surface area contributed by atoms with Gasteiger partial charge in [-0.05, 0) is 45.4 Å². The second kappa shape index (κ2) is 7.30. The van der Waals surface area contributed by atoms with Crippen molar-refractivity contribution in [2.45, 2.75) is 39.8 Å². The third kappa shape index (κ3) is 3.89. The number of methoxy groups -OCH3 is 1. The van der Waals surface area contributed by atoms with Gasteiger partial charge in [0.05, 0.1) is 25.5 Å². The van der Waals surface area contributed by atoms with Crippen molar-refractivity contribution in [3.05, 3.63) is 40.3 Å². The van der Waals surface area contributed by atoms with Crippen molar-refractivity contribution in [3.63, 3.8) is 0 Å². The van der Waals surface area contributed by atoms with Crippen LogP contribution in [0.25, 0.3) is 11.0 Å². The van der Waals surface area contributed by atoms with Gasteiger partial charge in [-0.2, -0.15) is 10.1 Å². The molecule has 3 aromatic rings. The number of nitrogens with one attached hydrogen (secondary N) is 2. The Morgan fingerprint density at radius 3 is 2.70 bits per heavy atom. The quantitative estimate of drug-likeness (QED) is 0.692. The summed E-state index contributed by atoms with van der Waals surface area (Å²) < 4.78 is 12.7. The zero-order valence-corrected chi connectivity index (χ0v) is 16.3. The van der Waals surface area contributed by atoms with Gasteiger partial charge in [-0.1, -0.05) is 6.07 Å². The van der Waals surface area contributed by atoms with E-state index in [9.17, 15) is 4.79 Å². The number of rotatable bonds is 6.